The van der Waals surface area contributed by atoms with Gasteiger partial charge in [0, 0.05) is 38.6 Å². The Kier molecular flexibility index (Phi) is 5.23. The summed E-state index contributed by atoms with van der Waals surface area (Å²) in [6, 6.07) is 4.64. The molecule has 0 aliphatic carbocycles. The van der Waals surface area contributed by atoms with E-state index in [1.54, 1.807) is 0 Å². The molecule has 0 saturated carbocycles. The van der Waals surface area contributed by atoms with Crippen molar-refractivity contribution in [3.63, 3.8) is 0 Å². The van der Waals surface area contributed by atoms with E-state index in [1.165, 1.54) is 12.0 Å². The Morgan fingerprint density at radius 3 is 2.79 bits per heavy atom. The van der Waals surface area contributed by atoms with Crippen LogP contribution in [0.4, 0.5) is 0 Å². The van der Waals surface area contributed by atoms with Crippen LogP contribution < -0.4 is 0 Å². The molecule has 0 aromatic carbocycles. The second-order valence-corrected chi connectivity index (χ2v) is 7.30. The SMILES string of the molecule is Cc1c(Cl)c(CN(C)C[C@@H]2CCN(C)[C@H]2c2cccnc2)nn1C. The van der Waals surface area contributed by atoms with Gasteiger partial charge in [0.05, 0.1) is 16.4 Å². The van der Waals surface area contributed by atoms with Gasteiger partial charge in [-0.05, 0) is 51.5 Å². The van der Waals surface area contributed by atoms with E-state index in [0.29, 0.717) is 12.0 Å². The van der Waals surface area contributed by atoms with Crippen molar-refractivity contribution in [3.05, 3.63) is 46.5 Å². The highest BCUT2D eigenvalue weighted by molar-refractivity contribution is 6.31. The van der Waals surface area contributed by atoms with Crippen molar-refractivity contribution in [1.82, 2.24) is 24.6 Å². The van der Waals surface area contributed by atoms with Crippen LogP contribution in [0.3, 0.4) is 0 Å². The van der Waals surface area contributed by atoms with Gasteiger partial charge in [-0.25, -0.2) is 0 Å². The first-order chi connectivity index (χ1) is 11.5. The highest BCUT2D eigenvalue weighted by Gasteiger charge is 2.33. The highest BCUT2D eigenvalue weighted by atomic mass is 35.5. The van der Waals surface area contributed by atoms with Crippen LogP contribution in [0.5, 0.6) is 0 Å². The monoisotopic (exact) mass is 347 g/mol. The van der Waals surface area contributed by atoms with E-state index in [-0.39, 0.29) is 0 Å². The van der Waals surface area contributed by atoms with Gasteiger partial charge in [-0.2, -0.15) is 5.10 Å². The summed E-state index contributed by atoms with van der Waals surface area (Å²) in [6.45, 7) is 4.93. The third kappa shape index (κ3) is 3.48. The molecule has 2 atom stereocenters. The summed E-state index contributed by atoms with van der Waals surface area (Å²) in [5.41, 5.74) is 3.29. The van der Waals surface area contributed by atoms with Crippen LogP contribution in [-0.2, 0) is 13.6 Å². The van der Waals surface area contributed by atoms with Gasteiger partial charge in [0.15, 0.2) is 0 Å². The van der Waals surface area contributed by atoms with Crippen molar-refractivity contribution in [2.45, 2.75) is 25.9 Å². The molecule has 24 heavy (non-hydrogen) atoms. The number of likely N-dealkylation sites (tertiary alicyclic amines) is 1. The summed E-state index contributed by atoms with van der Waals surface area (Å²) in [7, 11) is 6.30. The lowest BCUT2D eigenvalue weighted by Crippen LogP contribution is -2.30. The predicted molar refractivity (Wildman–Crippen MR) is 97.0 cm³/mol. The predicted octanol–water partition coefficient (Wildman–Crippen LogP) is 2.90. The van der Waals surface area contributed by atoms with Gasteiger partial charge >= 0.3 is 0 Å². The number of nitrogens with zero attached hydrogens (tertiary/aromatic N) is 5. The lowest BCUT2D eigenvalue weighted by molar-refractivity contribution is 0.212. The Hall–Kier alpha value is -1.43. The van der Waals surface area contributed by atoms with E-state index in [4.69, 9.17) is 11.6 Å². The molecule has 1 fully saturated rings. The first-order valence-corrected chi connectivity index (χ1v) is 8.82. The first-order valence-electron chi connectivity index (χ1n) is 8.44. The van der Waals surface area contributed by atoms with E-state index in [0.717, 1.165) is 36.0 Å². The van der Waals surface area contributed by atoms with Crippen molar-refractivity contribution in [2.75, 3.05) is 27.2 Å². The van der Waals surface area contributed by atoms with Gasteiger partial charge in [-0.1, -0.05) is 17.7 Å². The average molecular weight is 348 g/mol. The maximum atomic E-state index is 6.40. The summed E-state index contributed by atoms with van der Waals surface area (Å²) in [6.07, 6.45) is 5.04. The smallest absolute Gasteiger partial charge is 0.0953 e. The van der Waals surface area contributed by atoms with Crippen LogP contribution >= 0.6 is 11.6 Å². The van der Waals surface area contributed by atoms with Gasteiger partial charge in [-0.15, -0.1) is 0 Å². The second-order valence-electron chi connectivity index (χ2n) is 6.93. The fourth-order valence-electron chi connectivity index (χ4n) is 3.77. The number of hydrogen-bond acceptors (Lipinski definition) is 4. The zero-order valence-electron chi connectivity index (χ0n) is 14.9. The normalized spacial score (nSPS) is 21.8. The van der Waals surface area contributed by atoms with Crippen LogP contribution in [0.25, 0.3) is 0 Å². The quantitative estimate of drug-likeness (QED) is 0.833. The number of hydrogen-bond donors (Lipinski definition) is 0. The van der Waals surface area contributed by atoms with Crippen LogP contribution in [0.2, 0.25) is 5.02 Å². The molecule has 3 rings (SSSR count). The molecular weight excluding hydrogens is 322 g/mol. The molecule has 5 nitrogen and oxygen atoms in total. The standard InChI is InChI=1S/C18H26ClN5/c1-13-17(19)16(21-24(13)4)12-22(2)11-15-7-9-23(3)18(15)14-6-5-8-20-10-14/h5-6,8,10,15,18H,7,9,11-12H2,1-4H3/t15-,18-/m0/s1. The minimum atomic E-state index is 0.432. The lowest BCUT2D eigenvalue weighted by atomic mass is 9.94. The van der Waals surface area contributed by atoms with Crippen molar-refractivity contribution in [2.24, 2.45) is 13.0 Å². The average Bonchev–Trinajstić information content (AvgIpc) is 3.03. The molecule has 130 valence electrons. The fourth-order valence-corrected chi connectivity index (χ4v) is 3.99. The van der Waals surface area contributed by atoms with Crippen LogP contribution in [0, 0.1) is 12.8 Å². The molecule has 6 heteroatoms. The number of pyridine rings is 1. The highest BCUT2D eigenvalue weighted by Crippen LogP contribution is 2.36. The molecular formula is C18H26ClN5. The Bertz CT molecular complexity index is 684. The first kappa shape index (κ1) is 17.4. The van der Waals surface area contributed by atoms with E-state index in [2.05, 4.69) is 40.0 Å². The Morgan fingerprint density at radius 1 is 1.38 bits per heavy atom. The molecule has 0 spiro atoms. The molecule has 1 aliphatic heterocycles. The molecule has 1 aliphatic rings. The number of aryl methyl sites for hydroxylation is 1. The third-order valence-electron chi connectivity index (χ3n) is 5.09. The van der Waals surface area contributed by atoms with E-state index >= 15 is 0 Å². The van der Waals surface area contributed by atoms with Crippen molar-refractivity contribution in [1.29, 1.82) is 0 Å². The van der Waals surface area contributed by atoms with Crippen LogP contribution in [-0.4, -0.2) is 51.7 Å². The Balaban J connectivity index is 1.69. The van der Waals surface area contributed by atoms with Crippen molar-refractivity contribution in [3.8, 4) is 0 Å². The zero-order chi connectivity index (χ0) is 17.3. The van der Waals surface area contributed by atoms with Gasteiger partial charge in [0.25, 0.3) is 0 Å². The van der Waals surface area contributed by atoms with E-state index < -0.39 is 0 Å². The summed E-state index contributed by atoms with van der Waals surface area (Å²) < 4.78 is 1.85. The van der Waals surface area contributed by atoms with E-state index in [1.807, 2.05) is 37.1 Å². The molecule has 1 saturated heterocycles. The summed E-state index contributed by atoms with van der Waals surface area (Å²) in [5, 5.41) is 5.33. The maximum Gasteiger partial charge on any atom is 0.0953 e. The Morgan fingerprint density at radius 2 is 2.17 bits per heavy atom. The fraction of sp³-hybridized carbons (Fsp3) is 0.556. The summed E-state index contributed by atoms with van der Waals surface area (Å²) >= 11 is 6.40. The molecule has 0 radical (unpaired) electrons. The minimum absolute atomic E-state index is 0.432. The second kappa shape index (κ2) is 7.21. The molecule has 3 heterocycles. The lowest BCUT2D eigenvalue weighted by Gasteiger charge is -2.28. The summed E-state index contributed by atoms with van der Waals surface area (Å²) in [5.74, 6) is 0.591. The molecule has 0 amide bonds. The molecule has 0 unspecified atom stereocenters. The Labute approximate surface area is 149 Å². The maximum absolute atomic E-state index is 6.40. The van der Waals surface area contributed by atoms with E-state index in [9.17, 15) is 0 Å². The minimum Gasteiger partial charge on any atom is -0.300 e. The molecule has 0 bridgehead atoms. The number of rotatable bonds is 5. The number of halogens is 1. The van der Waals surface area contributed by atoms with Gasteiger partial charge in [0.1, 0.15) is 0 Å². The van der Waals surface area contributed by atoms with Crippen LogP contribution in [0.1, 0.15) is 29.4 Å². The summed E-state index contributed by atoms with van der Waals surface area (Å²) in [4.78, 5) is 9.07. The molecule has 2 aromatic heterocycles. The topological polar surface area (TPSA) is 37.2 Å². The zero-order valence-corrected chi connectivity index (χ0v) is 15.7. The number of aromatic nitrogens is 3. The molecule has 2 aromatic rings. The largest absolute Gasteiger partial charge is 0.300 e. The van der Waals surface area contributed by atoms with Gasteiger partial charge in [-0.3, -0.25) is 14.6 Å². The van der Waals surface area contributed by atoms with Gasteiger partial charge < -0.3 is 4.90 Å². The van der Waals surface area contributed by atoms with Gasteiger partial charge in [0.2, 0.25) is 0 Å². The molecule has 0 N–H and O–H groups in total. The van der Waals surface area contributed by atoms with Crippen molar-refractivity contribution >= 4 is 11.6 Å². The van der Waals surface area contributed by atoms with Crippen LogP contribution in [0.15, 0.2) is 24.5 Å². The third-order valence-corrected chi connectivity index (χ3v) is 5.58. The van der Waals surface area contributed by atoms with Crippen molar-refractivity contribution < 1.29 is 0 Å².